The Morgan fingerprint density at radius 2 is 1.66 bits per heavy atom. The van der Waals surface area contributed by atoms with Crippen molar-refractivity contribution in [2.24, 2.45) is 11.8 Å². The van der Waals surface area contributed by atoms with Gasteiger partial charge in [0.25, 0.3) is 0 Å². The van der Waals surface area contributed by atoms with Crippen LogP contribution in [0.25, 0.3) is 0 Å². The van der Waals surface area contributed by atoms with Crippen LogP contribution in [0.1, 0.15) is 78.1 Å². The van der Waals surface area contributed by atoms with Crippen molar-refractivity contribution in [1.29, 1.82) is 0 Å². The highest BCUT2D eigenvalue weighted by Gasteiger charge is 2.31. The van der Waals surface area contributed by atoms with Crippen LogP contribution in [0.4, 0.5) is 0 Å². The van der Waals surface area contributed by atoms with Crippen LogP contribution in [0.3, 0.4) is 0 Å². The molecular weight excluding hydrogens is 524 g/mol. The lowest BCUT2D eigenvalue weighted by atomic mass is 9.92. The van der Waals surface area contributed by atoms with Gasteiger partial charge in [0.2, 0.25) is 0 Å². The molecule has 226 valence electrons. The molecule has 0 saturated carbocycles. The van der Waals surface area contributed by atoms with Crippen LogP contribution in [-0.4, -0.2) is 60.6 Å². The van der Waals surface area contributed by atoms with E-state index < -0.39 is 24.1 Å². The molecule has 3 aliphatic heterocycles. The Hall–Kier alpha value is -2.97. The molecule has 2 saturated heterocycles. The molecule has 0 spiro atoms. The number of hydrogen-bond donors (Lipinski definition) is 1. The molecule has 8 nitrogen and oxygen atoms in total. The summed E-state index contributed by atoms with van der Waals surface area (Å²) >= 11 is 0. The smallest absolute Gasteiger partial charge is 0.330 e. The number of carbonyl (C=O) groups is 3. The first-order valence-corrected chi connectivity index (χ1v) is 14.9. The van der Waals surface area contributed by atoms with E-state index in [2.05, 4.69) is 19.1 Å². The second-order valence-electron chi connectivity index (χ2n) is 11.4. The van der Waals surface area contributed by atoms with Crippen molar-refractivity contribution < 1.29 is 38.4 Å². The van der Waals surface area contributed by atoms with Gasteiger partial charge in [-0.05, 0) is 63.4 Å². The van der Waals surface area contributed by atoms with Crippen LogP contribution in [0.5, 0.6) is 0 Å². The average molecular weight is 571 g/mol. The number of hydrogen-bond acceptors (Lipinski definition) is 7. The van der Waals surface area contributed by atoms with Crippen LogP contribution in [0, 0.1) is 11.8 Å². The molecule has 0 amide bonds. The lowest BCUT2D eigenvalue weighted by molar-refractivity contribution is -0.153. The van der Waals surface area contributed by atoms with E-state index in [1.807, 2.05) is 13.0 Å². The molecule has 3 aliphatic rings. The number of aliphatic carboxylic acids is 1. The zero-order valence-corrected chi connectivity index (χ0v) is 24.6. The molecule has 7 atom stereocenters. The summed E-state index contributed by atoms with van der Waals surface area (Å²) in [6.45, 7) is 4.21. The first-order chi connectivity index (χ1) is 19.7. The number of allylic oxidation sites excluding steroid dienone is 5. The molecule has 7 unspecified atom stereocenters. The van der Waals surface area contributed by atoms with Crippen molar-refractivity contribution >= 4 is 17.9 Å². The number of ether oxygens (including phenoxy) is 4. The SMILES string of the molecule is COC(=O)/C=C1/CCC2CC3CCCC(CC(C)/C=C/C(C)C(/C=C/C=C\C=C\CC(=O)O)OC(=O)CC(C1)O2)O3. The van der Waals surface area contributed by atoms with Crippen molar-refractivity contribution in [1.82, 2.24) is 0 Å². The topological polar surface area (TPSA) is 108 Å². The van der Waals surface area contributed by atoms with E-state index in [0.717, 1.165) is 44.1 Å². The number of carboxylic acid groups (broad SMARTS) is 1. The predicted molar refractivity (Wildman–Crippen MR) is 156 cm³/mol. The summed E-state index contributed by atoms with van der Waals surface area (Å²) in [6.07, 6.45) is 22.5. The largest absolute Gasteiger partial charge is 0.481 e. The minimum Gasteiger partial charge on any atom is -0.481 e. The molecule has 4 bridgehead atoms. The molecule has 3 rings (SSSR count). The number of rotatable bonds is 6. The molecule has 0 radical (unpaired) electrons. The molecular formula is C33H46O8. The van der Waals surface area contributed by atoms with Gasteiger partial charge in [0, 0.05) is 12.0 Å². The summed E-state index contributed by atoms with van der Waals surface area (Å²) in [7, 11) is 1.36. The molecule has 0 aromatic carbocycles. The monoisotopic (exact) mass is 570 g/mol. The van der Waals surface area contributed by atoms with Crippen molar-refractivity contribution in [3.8, 4) is 0 Å². The summed E-state index contributed by atoms with van der Waals surface area (Å²) < 4.78 is 23.8. The first kappa shape index (κ1) is 32.5. The van der Waals surface area contributed by atoms with Gasteiger partial charge >= 0.3 is 17.9 Å². The number of methoxy groups -OCH3 is 1. The Morgan fingerprint density at radius 3 is 2.41 bits per heavy atom. The lowest BCUT2D eigenvalue weighted by Gasteiger charge is -2.34. The van der Waals surface area contributed by atoms with E-state index in [9.17, 15) is 14.4 Å². The van der Waals surface area contributed by atoms with Crippen molar-refractivity contribution in [2.45, 2.75) is 109 Å². The summed E-state index contributed by atoms with van der Waals surface area (Å²) in [5.74, 6) is -1.40. The van der Waals surface area contributed by atoms with E-state index in [1.165, 1.54) is 13.2 Å². The van der Waals surface area contributed by atoms with E-state index in [1.54, 1.807) is 30.4 Å². The van der Waals surface area contributed by atoms with Gasteiger partial charge in [-0.3, -0.25) is 9.59 Å². The van der Waals surface area contributed by atoms with E-state index in [0.29, 0.717) is 18.8 Å². The quantitative estimate of drug-likeness (QED) is 0.179. The van der Waals surface area contributed by atoms with Crippen molar-refractivity contribution in [3.63, 3.8) is 0 Å². The molecule has 41 heavy (non-hydrogen) atoms. The Kier molecular flexibility index (Phi) is 13.6. The molecule has 2 fully saturated rings. The minimum atomic E-state index is -0.884. The third-order valence-corrected chi connectivity index (χ3v) is 7.77. The summed E-state index contributed by atoms with van der Waals surface area (Å²) in [6, 6.07) is 0. The van der Waals surface area contributed by atoms with Crippen molar-refractivity contribution in [3.05, 3.63) is 60.3 Å². The highest BCUT2D eigenvalue weighted by molar-refractivity contribution is 5.82. The van der Waals surface area contributed by atoms with E-state index in [-0.39, 0.29) is 43.0 Å². The van der Waals surface area contributed by atoms with Gasteiger partial charge in [-0.25, -0.2) is 4.79 Å². The zero-order chi connectivity index (χ0) is 29.6. The molecule has 3 heterocycles. The molecule has 8 heteroatoms. The Balaban J connectivity index is 1.81. The zero-order valence-electron chi connectivity index (χ0n) is 24.6. The van der Waals surface area contributed by atoms with Crippen LogP contribution < -0.4 is 0 Å². The van der Waals surface area contributed by atoms with E-state index in [4.69, 9.17) is 24.1 Å². The average Bonchev–Trinajstić information content (AvgIpc) is 3.10. The Labute approximate surface area is 244 Å². The number of carbonyl (C=O) groups excluding carboxylic acids is 2. The van der Waals surface area contributed by atoms with Crippen LogP contribution in [0.15, 0.2) is 60.3 Å². The molecule has 0 aliphatic carbocycles. The number of carboxylic acids is 1. The van der Waals surface area contributed by atoms with Gasteiger partial charge in [-0.1, -0.05) is 62.0 Å². The second-order valence-corrected chi connectivity index (χ2v) is 11.4. The molecule has 1 N–H and O–H groups in total. The third-order valence-electron chi connectivity index (χ3n) is 7.77. The van der Waals surface area contributed by atoms with Crippen molar-refractivity contribution in [2.75, 3.05) is 7.11 Å². The van der Waals surface area contributed by atoms with Crippen LogP contribution >= 0.6 is 0 Å². The summed E-state index contributed by atoms with van der Waals surface area (Å²) in [5, 5.41) is 8.75. The first-order valence-electron chi connectivity index (χ1n) is 14.9. The maximum Gasteiger partial charge on any atom is 0.330 e. The van der Waals surface area contributed by atoms with Gasteiger partial charge in [0.05, 0.1) is 44.4 Å². The van der Waals surface area contributed by atoms with Crippen LogP contribution in [0.2, 0.25) is 0 Å². The van der Waals surface area contributed by atoms with Gasteiger partial charge in [0.1, 0.15) is 6.10 Å². The maximum absolute atomic E-state index is 13.2. The van der Waals surface area contributed by atoms with Crippen LogP contribution in [-0.2, 0) is 33.3 Å². The van der Waals surface area contributed by atoms with Gasteiger partial charge in [-0.15, -0.1) is 0 Å². The Bertz CT molecular complexity index is 1020. The van der Waals surface area contributed by atoms with Gasteiger partial charge in [-0.2, -0.15) is 0 Å². The highest BCUT2D eigenvalue weighted by atomic mass is 16.6. The van der Waals surface area contributed by atoms with E-state index >= 15 is 0 Å². The minimum absolute atomic E-state index is 0.0402. The van der Waals surface area contributed by atoms with Gasteiger partial charge < -0.3 is 24.1 Å². The maximum atomic E-state index is 13.2. The second kappa shape index (κ2) is 17.1. The highest BCUT2D eigenvalue weighted by Crippen LogP contribution is 2.32. The number of esters is 2. The molecule has 0 aromatic heterocycles. The Morgan fingerprint density at radius 1 is 0.951 bits per heavy atom. The fourth-order valence-corrected chi connectivity index (χ4v) is 5.63. The summed E-state index contributed by atoms with van der Waals surface area (Å²) in [4.78, 5) is 35.9. The number of fused-ring (bicyclic) bond motifs is 4. The molecule has 0 aromatic rings. The fourth-order valence-electron chi connectivity index (χ4n) is 5.63. The van der Waals surface area contributed by atoms with Gasteiger partial charge in [0.15, 0.2) is 0 Å². The third kappa shape index (κ3) is 12.2. The predicted octanol–water partition coefficient (Wildman–Crippen LogP) is 6.03. The summed E-state index contributed by atoms with van der Waals surface area (Å²) in [5.41, 5.74) is 0.917. The fraction of sp³-hybridized carbons (Fsp3) is 0.606. The standard InChI is InChI=1S/C33H46O8/c1-23-14-15-24(2)30(12-7-5-4-6-8-13-31(34)35)41-33(37)22-29-19-25(20-32(36)38-3)16-17-28(40-29)21-27-11-9-10-26(18-23)39-27/h4-8,12,14-15,20,23-24,26-30H,9-11,13,16-19,21-22H2,1-3H3,(H,34,35)/b5-4-,8-6+,12-7+,15-14+,25-20-. The number of cyclic esters (lactones) is 1. The normalized spacial score (nSPS) is 34.0. The lowest BCUT2D eigenvalue weighted by Crippen LogP contribution is -2.34.